The first-order valence-electron chi connectivity index (χ1n) is 8.79. The summed E-state index contributed by atoms with van der Waals surface area (Å²) in [6, 6.07) is 7.23. The maximum atomic E-state index is 12.0. The monoisotopic (exact) mass is 365 g/mol. The number of likely N-dealkylation sites (tertiary alicyclic amines) is 1. The van der Waals surface area contributed by atoms with Gasteiger partial charge in [0.25, 0.3) is 10.0 Å². The highest BCUT2D eigenvalue weighted by atomic mass is 32.2. The Labute approximate surface area is 148 Å². The number of amidine groups is 1. The SMILES string of the molecule is CC[NH+]1CCC[C@@H]1CNC(=O)CCN=C1NS(=O)(=O)c2ccccc21. The minimum atomic E-state index is -3.52. The summed E-state index contributed by atoms with van der Waals surface area (Å²) in [5.74, 6) is 0.279. The molecule has 0 spiro atoms. The summed E-state index contributed by atoms with van der Waals surface area (Å²) in [5, 5.41) is 2.98. The van der Waals surface area contributed by atoms with Gasteiger partial charge in [-0.1, -0.05) is 12.1 Å². The van der Waals surface area contributed by atoms with E-state index in [2.05, 4.69) is 22.0 Å². The number of quaternary nitrogens is 1. The third-order valence-corrected chi connectivity index (χ3v) is 6.30. The summed E-state index contributed by atoms with van der Waals surface area (Å²) in [5.41, 5.74) is 0.566. The van der Waals surface area contributed by atoms with Crippen LogP contribution in [0.25, 0.3) is 0 Å². The van der Waals surface area contributed by atoms with E-state index in [1.807, 2.05) is 0 Å². The second-order valence-corrected chi connectivity index (χ2v) is 8.14. The molecule has 0 radical (unpaired) electrons. The van der Waals surface area contributed by atoms with Crippen LogP contribution in [0.5, 0.6) is 0 Å². The third kappa shape index (κ3) is 4.01. The number of rotatable bonds is 6. The number of fused-ring (bicyclic) bond motifs is 1. The van der Waals surface area contributed by atoms with Crippen molar-refractivity contribution in [1.29, 1.82) is 0 Å². The van der Waals surface area contributed by atoms with Crippen molar-refractivity contribution < 1.29 is 18.1 Å². The molecular formula is C17H25N4O3S+. The van der Waals surface area contributed by atoms with Gasteiger partial charge in [-0.25, -0.2) is 8.42 Å². The smallest absolute Gasteiger partial charge is 0.263 e. The van der Waals surface area contributed by atoms with Crippen LogP contribution < -0.4 is 14.9 Å². The summed E-state index contributed by atoms with van der Waals surface area (Å²) in [7, 11) is -3.52. The highest BCUT2D eigenvalue weighted by Crippen LogP contribution is 2.22. The first kappa shape index (κ1) is 17.9. The van der Waals surface area contributed by atoms with Gasteiger partial charge >= 0.3 is 0 Å². The minimum Gasteiger partial charge on any atom is -0.350 e. The molecule has 7 nitrogen and oxygen atoms in total. The Balaban J connectivity index is 1.51. The lowest BCUT2D eigenvalue weighted by Crippen LogP contribution is -3.14. The molecule has 1 saturated heterocycles. The van der Waals surface area contributed by atoms with Gasteiger partial charge in [0, 0.05) is 24.8 Å². The molecule has 25 heavy (non-hydrogen) atoms. The molecule has 0 saturated carbocycles. The zero-order chi connectivity index (χ0) is 17.9. The lowest BCUT2D eigenvalue weighted by Gasteiger charge is -2.20. The first-order chi connectivity index (χ1) is 12.0. The number of carbonyl (C=O) groups is 1. The molecular weight excluding hydrogens is 340 g/mol. The normalized spacial score (nSPS) is 25.6. The zero-order valence-corrected chi connectivity index (χ0v) is 15.2. The summed E-state index contributed by atoms with van der Waals surface area (Å²) in [4.78, 5) is 18.1. The van der Waals surface area contributed by atoms with Crippen molar-refractivity contribution in [3.05, 3.63) is 29.8 Å². The molecule has 1 aromatic rings. The quantitative estimate of drug-likeness (QED) is 0.622. The molecule has 8 heteroatoms. The van der Waals surface area contributed by atoms with Crippen LogP contribution in [0.4, 0.5) is 0 Å². The van der Waals surface area contributed by atoms with Crippen LogP contribution in [-0.2, 0) is 14.8 Å². The molecule has 2 heterocycles. The lowest BCUT2D eigenvalue weighted by molar-refractivity contribution is -0.909. The number of likely N-dealkylation sites (N-methyl/N-ethyl adjacent to an activating group) is 1. The number of hydrogen-bond acceptors (Lipinski definition) is 4. The molecule has 0 bridgehead atoms. The molecule has 1 aromatic carbocycles. The Kier molecular flexibility index (Phi) is 5.39. The average molecular weight is 365 g/mol. The molecule has 2 aliphatic heterocycles. The van der Waals surface area contributed by atoms with Crippen LogP contribution in [0.3, 0.4) is 0 Å². The fourth-order valence-electron chi connectivity index (χ4n) is 3.54. The molecule has 2 aliphatic rings. The predicted molar refractivity (Wildman–Crippen MR) is 95.2 cm³/mol. The van der Waals surface area contributed by atoms with Gasteiger partial charge in [0.05, 0.1) is 31.1 Å². The highest BCUT2D eigenvalue weighted by Gasteiger charge is 2.30. The van der Waals surface area contributed by atoms with Crippen molar-refractivity contribution in [3.63, 3.8) is 0 Å². The molecule has 0 aromatic heterocycles. The lowest BCUT2D eigenvalue weighted by atomic mass is 10.2. The van der Waals surface area contributed by atoms with E-state index in [0.29, 0.717) is 24.0 Å². The predicted octanol–water partition coefficient (Wildman–Crippen LogP) is -0.701. The zero-order valence-electron chi connectivity index (χ0n) is 14.4. The number of aliphatic imine (C=N–C) groups is 1. The van der Waals surface area contributed by atoms with Crippen molar-refractivity contribution in [2.75, 3.05) is 26.2 Å². The molecule has 3 N–H and O–H groups in total. The highest BCUT2D eigenvalue weighted by molar-refractivity contribution is 7.90. The Hall–Kier alpha value is -1.93. The van der Waals surface area contributed by atoms with Gasteiger partial charge in [0.15, 0.2) is 0 Å². The topological polar surface area (TPSA) is 92.1 Å². The Morgan fingerprint density at radius 1 is 1.40 bits per heavy atom. The Morgan fingerprint density at radius 3 is 3.00 bits per heavy atom. The van der Waals surface area contributed by atoms with Crippen LogP contribution in [0.1, 0.15) is 31.7 Å². The maximum absolute atomic E-state index is 12.0. The molecule has 0 aliphatic carbocycles. The number of nitrogens with one attached hydrogen (secondary N) is 3. The van der Waals surface area contributed by atoms with Crippen LogP contribution in [-0.4, -0.2) is 52.4 Å². The number of hydrogen-bond donors (Lipinski definition) is 3. The molecule has 1 unspecified atom stereocenters. The maximum Gasteiger partial charge on any atom is 0.263 e. The molecule has 1 amide bonds. The number of nitrogens with zero attached hydrogens (tertiary/aromatic N) is 1. The number of amides is 1. The van der Waals surface area contributed by atoms with Crippen molar-refractivity contribution in [3.8, 4) is 0 Å². The van der Waals surface area contributed by atoms with E-state index in [-0.39, 0.29) is 23.8 Å². The van der Waals surface area contributed by atoms with Gasteiger partial charge in [0.2, 0.25) is 5.91 Å². The molecule has 1 fully saturated rings. The number of benzene rings is 1. The second-order valence-electron chi connectivity index (χ2n) is 6.49. The van der Waals surface area contributed by atoms with E-state index >= 15 is 0 Å². The summed E-state index contributed by atoms with van der Waals surface area (Å²) < 4.78 is 26.4. The van der Waals surface area contributed by atoms with Gasteiger partial charge in [-0.15, -0.1) is 0 Å². The van der Waals surface area contributed by atoms with Gasteiger partial charge in [0.1, 0.15) is 11.9 Å². The van der Waals surface area contributed by atoms with Crippen molar-refractivity contribution in [2.45, 2.75) is 37.1 Å². The summed E-state index contributed by atoms with van der Waals surface area (Å²) in [6.45, 7) is 5.41. The van der Waals surface area contributed by atoms with Crippen LogP contribution in [0.15, 0.2) is 34.2 Å². The fraction of sp³-hybridized carbons (Fsp3) is 0.529. The fourth-order valence-corrected chi connectivity index (χ4v) is 4.79. The number of sulfonamides is 1. The summed E-state index contributed by atoms with van der Waals surface area (Å²) in [6.07, 6.45) is 2.63. The number of carbonyl (C=O) groups excluding carboxylic acids is 1. The van der Waals surface area contributed by atoms with Crippen LogP contribution in [0, 0.1) is 0 Å². The Bertz CT molecular complexity index is 776. The van der Waals surface area contributed by atoms with Gasteiger partial charge < -0.3 is 10.2 Å². The van der Waals surface area contributed by atoms with Crippen molar-refractivity contribution in [1.82, 2.24) is 10.0 Å². The summed E-state index contributed by atoms with van der Waals surface area (Å²) >= 11 is 0. The standard InChI is InChI=1S/C17H24N4O3S/c1-2-21-11-5-6-13(21)12-19-16(22)9-10-18-17-14-7-3-4-8-15(14)25(23,24)20-17/h3-4,7-8,13H,2,5-6,9-12H2,1H3,(H,18,20)(H,19,22)/p+1/t13-/m1/s1. The first-order valence-corrected chi connectivity index (χ1v) is 10.3. The third-order valence-electron chi connectivity index (χ3n) is 4.90. The largest absolute Gasteiger partial charge is 0.350 e. The molecule has 2 atom stereocenters. The van der Waals surface area contributed by atoms with Crippen molar-refractivity contribution in [2.24, 2.45) is 4.99 Å². The van der Waals surface area contributed by atoms with E-state index in [0.717, 1.165) is 13.0 Å². The van der Waals surface area contributed by atoms with E-state index in [9.17, 15) is 13.2 Å². The van der Waals surface area contributed by atoms with Gasteiger partial charge in [-0.05, 0) is 19.1 Å². The van der Waals surface area contributed by atoms with Crippen LogP contribution in [0.2, 0.25) is 0 Å². The van der Waals surface area contributed by atoms with E-state index in [4.69, 9.17) is 0 Å². The van der Waals surface area contributed by atoms with Crippen molar-refractivity contribution >= 4 is 21.8 Å². The van der Waals surface area contributed by atoms with E-state index < -0.39 is 10.0 Å². The minimum absolute atomic E-state index is 0.0409. The molecule has 3 rings (SSSR count). The van der Waals surface area contributed by atoms with Gasteiger partial charge in [-0.3, -0.25) is 14.5 Å². The van der Waals surface area contributed by atoms with Crippen LogP contribution >= 0.6 is 0 Å². The Morgan fingerprint density at radius 2 is 2.20 bits per heavy atom. The molecule has 136 valence electrons. The van der Waals surface area contributed by atoms with E-state index in [1.54, 1.807) is 29.2 Å². The second kappa shape index (κ2) is 7.53. The average Bonchev–Trinajstić information content (AvgIpc) is 3.16. The van der Waals surface area contributed by atoms with E-state index in [1.165, 1.54) is 13.0 Å². The van der Waals surface area contributed by atoms with Gasteiger partial charge in [-0.2, -0.15) is 0 Å².